The van der Waals surface area contributed by atoms with Crippen molar-refractivity contribution in [2.75, 3.05) is 11.9 Å². The Hall–Kier alpha value is -2.82. The normalized spacial score (nSPS) is 24.4. The zero-order valence-electron chi connectivity index (χ0n) is 22.0. The summed E-state index contributed by atoms with van der Waals surface area (Å²) in [5.41, 5.74) is 4.21. The maximum Gasteiger partial charge on any atom is 0.244 e. The van der Waals surface area contributed by atoms with Crippen LogP contribution in [0.4, 0.5) is 5.69 Å². The highest BCUT2D eigenvalue weighted by molar-refractivity contribution is 6.32. The summed E-state index contributed by atoms with van der Waals surface area (Å²) in [7, 11) is 2.07. The van der Waals surface area contributed by atoms with Crippen LogP contribution in [0.25, 0.3) is 6.08 Å². The maximum absolute atomic E-state index is 12.8. The molecule has 4 nitrogen and oxygen atoms in total. The first-order valence-electron chi connectivity index (χ1n) is 13.9. The fourth-order valence-corrected chi connectivity index (χ4v) is 5.85. The Bertz CT molecular complexity index is 1020. The van der Waals surface area contributed by atoms with Crippen LogP contribution in [0.3, 0.4) is 0 Å². The largest absolute Gasteiger partial charge is 0.352 e. The van der Waals surface area contributed by atoms with Gasteiger partial charge in [0.05, 0.1) is 0 Å². The third-order valence-corrected chi connectivity index (χ3v) is 8.31. The van der Waals surface area contributed by atoms with E-state index in [9.17, 15) is 9.59 Å². The topological polar surface area (TPSA) is 58.2 Å². The molecule has 0 radical (unpaired) electrons. The number of carbonyl (C=O) groups excluding carboxylic acids is 2. The summed E-state index contributed by atoms with van der Waals surface area (Å²) in [4.78, 5) is 25.0. The molecule has 4 rings (SSSR count). The van der Waals surface area contributed by atoms with Gasteiger partial charge in [0.25, 0.3) is 0 Å². The van der Waals surface area contributed by atoms with Crippen molar-refractivity contribution in [1.82, 2.24) is 5.32 Å². The molecule has 0 aromatic heterocycles. The van der Waals surface area contributed by atoms with Gasteiger partial charge < -0.3 is 10.6 Å². The number of hydrogen-bond acceptors (Lipinski definition) is 2. The third kappa shape index (κ3) is 7.84. The van der Waals surface area contributed by atoms with Crippen LogP contribution in [0.2, 0.25) is 0 Å². The zero-order valence-corrected chi connectivity index (χ0v) is 22.0. The lowest BCUT2D eigenvalue weighted by atomic mass is 9.69. The van der Waals surface area contributed by atoms with Crippen molar-refractivity contribution in [3.63, 3.8) is 0 Å². The zero-order chi connectivity index (χ0) is 25.3. The Morgan fingerprint density at radius 1 is 0.861 bits per heavy atom. The number of hydrogen-bond donors (Lipinski definition) is 2. The smallest absolute Gasteiger partial charge is 0.244 e. The van der Waals surface area contributed by atoms with Gasteiger partial charge in [0.2, 0.25) is 11.8 Å². The molecule has 0 spiro atoms. The van der Waals surface area contributed by atoms with Gasteiger partial charge in [0.1, 0.15) is 7.85 Å². The van der Waals surface area contributed by atoms with Crippen LogP contribution in [-0.4, -0.2) is 26.2 Å². The van der Waals surface area contributed by atoms with Gasteiger partial charge >= 0.3 is 0 Å². The Balaban J connectivity index is 1.16. The van der Waals surface area contributed by atoms with Gasteiger partial charge in [-0.3, -0.25) is 9.59 Å². The van der Waals surface area contributed by atoms with E-state index in [2.05, 4.69) is 49.7 Å². The van der Waals surface area contributed by atoms with E-state index in [1.54, 1.807) is 12.2 Å². The minimum atomic E-state index is -0.0992. The highest BCUT2D eigenvalue weighted by atomic mass is 16.2. The van der Waals surface area contributed by atoms with Crippen LogP contribution < -0.4 is 16.1 Å². The SMILES string of the molecule is Bc1ccc(CCNC(=O)/C=C/c2ccc(NC(=O)C3CCC(C4CCC(C)CC4)CC3)cc2)cc1. The molecule has 2 aliphatic carbocycles. The second-order valence-corrected chi connectivity index (χ2v) is 11.1. The summed E-state index contributed by atoms with van der Waals surface area (Å²) in [5.74, 6) is 2.80. The first-order chi connectivity index (χ1) is 17.5. The number of amides is 2. The molecular formula is C31H41BN2O2. The van der Waals surface area contributed by atoms with Crippen molar-refractivity contribution < 1.29 is 9.59 Å². The molecule has 0 bridgehead atoms. The highest BCUT2D eigenvalue weighted by Crippen LogP contribution is 2.41. The van der Waals surface area contributed by atoms with E-state index in [1.165, 1.54) is 49.6 Å². The Morgan fingerprint density at radius 3 is 2.11 bits per heavy atom. The molecule has 2 aliphatic rings. The number of benzene rings is 2. The molecule has 2 amide bonds. The molecule has 0 unspecified atom stereocenters. The molecule has 2 N–H and O–H groups in total. The molecule has 36 heavy (non-hydrogen) atoms. The first kappa shape index (κ1) is 26.3. The molecule has 0 atom stereocenters. The molecule has 2 fully saturated rings. The van der Waals surface area contributed by atoms with Crippen molar-refractivity contribution in [3.05, 3.63) is 65.7 Å². The quantitative estimate of drug-likeness (QED) is 0.414. The van der Waals surface area contributed by atoms with E-state index in [-0.39, 0.29) is 17.7 Å². The number of rotatable bonds is 8. The molecule has 5 heteroatoms. The van der Waals surface area contributed by atoms with Crippen LogP contribution in [0.5, 0.6) is 0 Å². The molecule has 0 saturated heterocycles. The summed E-state index contributed by atoms with van der Waals surface area (Å²) in [6.07, 6.45) is 14.2. The van der Waals surface area contributed by atoms with Crippen molar-refractivity contribution in [2.24, 2.45) is 23.7 Å². The second kappa shape index (κ2) is 12.9. The summed E-state index contributed by atoms with van der Waals surface area (Å²) < 4.78 is 0. The van der Waals surface area contributed by atoms with Gasteiger partial charge in [-0.1, -0.05) is 61.6 Å². The van der Waals surface area contributed by atoms with Crippen molar-refractivity contribution in [3.8, 4) is 0 Å². The fourth-order valence-electron chi connectivity index (χ4n) is 5.85. The van der Waals surface area contributed by atoms with Crippen LogP contribution in [0.15, 0.2) is 54.6 Å². The van der Waals surface area contributed by atoms with E-state index in [1.807, 2.05) is 24.3 Å². The van der Waals surface area contributed by atoms with Crippen LogP contribution >= 0.6 is 0 Å². The van der Waals surface area contributed by atoms with Crippen molar-refractivity contribution >= 4 is 36.9 Å². The minimum absolute atomic E-state index is 0.0992. The lowest BCUT2D eigenvalue weighted by molar-refractivity contribution is -0.121. The summed E-state index contributed by atoms with van der Waals surface area (Å²) >= 11 is 0. The average molecular weight is 484 g/mol. The molecule has 190 valence electrons. The molecule has 2 saturated carbocycles. The molecule has 0 heterocycles. The standard InChI is InChI=1S/C31H41BN2O2/c1-22-2-9-25(10-3-22)26-11-13-27(14-12-26)31(36)34-29-17-6-23(7-18-29)8-19-30(35)33-21-20-24-4-15-28(32)16-5-24/h4-8,15-19,22,25-27H,2-3,9-14,20-21,32H2,1H3,(H,33,35)(H,34,36)/b19-8+. The van der Waals surface area contributed by atoms with Gasteiger partial charge in [-0.25, -0.2) is 0 Å². The van der Waals surface area contributed by atoms with Gasteiger partial charge in [0.15, 0.2) is 0 Å². The summed E-state index contributed by atoms with van der Waals surface area (Å²) in [5, 5.41) is 6.04. The molecule has 0 aliphatic heterocycles. The van der Waals surface area contributed by atoms with Gasteiger partial charge in [0, 0.05) is 24.2 Å². The average Bonchev–Trinajstić information content (AvgIpc) is 2.90. The molecular weight excluding hydrogens is 443 g/mol. The predicted octanol–water partition coefficient (Wildman–Crippen LogP) is 4.89. The van der Waals surface area contributed by atoms with E-state index in [0.29, 0.717) is 6.54 Å². The fraction of sp³-hybridized carbons (Fsp3) is 0.484. The third-order valence-electron chi connectivity index (χ3n) is 8.31. The number of nitrogens with one attached hydrogen (secondary N) is 2. The summed E-state index contributed by atoms with van der Waals surface area (Å²) in [6, 6.07) is 16.1. The predicted molar refractivity (Wildman–Crippen MR) is 152 cm³/mol. The lowest BCUT2D eigenvalue weighted by Gasteiger charge is -2.36. The number of carbonyl (C=O) groups is 2. The minimum Gasteiger partial charge on any atom is -0.352 e. The maximum atomic E-state index is 12.8. The van der Waals surface area contributed by atoms with E-state index < -0.39 is 0 Å². The first-order valence-corrected chi connectivity index (χ1v) is 13.9. The van der Waals surface area contributed by atoms with E-state index >= 15 is 0 Å². The molecule has 2 aromatic rings. The number of anilines is 1. The van der Waals surface area contributed by atoms with Crippen LogP contribution in [0.1, 0.15) is 69.4 Å². The summed E-state index contributed by atoms with van der Waals surface area (Å²) in [6.45, 7) is 2.99. The highest BCUT2D eigenvalue weighted by Gasteiger charge is 2.32. The van der Waals surface area contributed by atoms with Crippen LogP contribution in [-0.2, 0) is 16.0 Å². The second-order valence-electron chi connectivity index (χ2n) is 11.1. The van der Waals surface area contributed by atoms with E-state index in [0.717, 1.165) is 48.3 Å². The van der Waals surface area contributed by atoms with Gasteiger partial charge in [-0.05, 0) is 92.0 Å². The van der Waals surface area contributed by atoms with Crippen LogP contribution in [0, 0.1) is 23.7 Å². The Morgan fingerprint density at radius 2 is 1.47 bits per heavy atom. The lowest BCUT2D eigenvalue weighted by Crippen LogP contribution is -2.30. The Kier molecular flexibility index (Phi) is 9.44. The van der Waals surface area contributed by atoms with Gasteiger partial charge in [-0.15, -0.1) is 0 Å². The van der Waals surface area contributed by atoms with Crippen molar-refractivity contribution in [2.45, 2.75) is 64.7 Å². The van der Waals surface area contributed by atoms with Crippen molar-refractivity contribution in [1.29, 1.82) is 0 Å². The van der Waals surface area contributed by atoms with Gasteiger partial charge in [-0.2, -0.15) is 0 Å². The molecule has 2 aromatic carbocycles. The monoisotopic (exact) mass is 484 g/mol. The Labute approximate surface area is 217 Å². The van der Waals surface area contributed by atoms with E-state index in [4.69, 9.17) is 0 Å².